The molecule has 0 aliphatic carbocycles. The van der Waals surface area contributed by atoms with Gasteiger partial charge in [-0.25, -0.2) is 4.79 Å². The smallest absolute Gasteiger partial charge is 0.449 e. The number of nitrogens with zero attached hydrogens (tertiary/aromatic N) is 1. The minimum Gasteiger partial charge on any atom is -0.449 e. The Morgan fingerprint density at radius 2 is 2.55 bits per heavy atom. The number of hydrogen-bond acceptors (Lipinski definition) is 4. The summed E-state index contributed by atoms with van der Waals surface area (Å²) in [7, 11) is 0. The quantitative estimate of drug-likeness (QED) is 0.687. The molecule has 0 saturated heterocycles. The van der Waals surface area contributed by atoms with Gasteiger partial charge in [-0.2, -0.15) is 0 Å². The van der Waals surface area contributed by atoms with E-state index in [0.29, 0.717) is 4.90 Å². The molecule has 1 aromatic rings. The van der Waals surface area contributed by atoms with Crippen LogP contribution in [0.25, 0.3) is 0 Å². The number of pyridine rings is 1. The monoisotopic (exact) mass is 171 g/mol. The molecule has 0 fully saturated rings. The SMILES string of the molecule is O=C(O)OSc1cccnc1. The Kier molecular flexibility index (Phi) is 2.74. The van der Waals surface area contributed by atoms with E-state index in [1.165, 1.54) is 6.20 Å². The van der Waals surface area contributed by atoms with Crippen LogP contribution in [0.4, 0.5) is 4.79 Å². The lowest BCUT2D eigenvalue weighted by Gasteiger charge is -1.95. The van der Waals surface area contributed by atoms with Crippen molar-refractivity contribution >= 4 is 18.2 Å². The number of rotatable bonds is 2. The molecule has 0 unspecified atom stereocenters. The van der Waals surface area contributed by atoms with Gasteiger partial charge < -0.3 is 9.29 Å². The first-order chi connectivity index (χ1) is 5.29. The minimum atomic E-state index is -1.31. The van der Waals surface area contributed by atoms with Crippen molar-refractivity contribution in [2.75, 3.05) is 0 Å². The van der Waals surface area contributed by atoms with Crippen molar-refractivity contribution in [3.63, 3.8) is 0 Å². The Bertz CT molecular complexity index is 239. The lowest BCUT2D eigenvalue weighted by molar-refractivity contribution is 0.153. The first-order valence-corrected chi connectivity index (χ1v) is 3.50. The number of carboxylic acid groups (broad SMARTS) is 1. The molecule has 0 bridgehead atoms. The predicted molar refractivity (Wildman–Crippen MR) is 39.2 cm³/mol. The fourth-order valence-electron chi connectivity index (χ4n) is 0.480. The van der Waals surface area contributed by atoms with Crippen LogP contribution in [0.15, 0.2) is 29.4 Å². The Hall–Kier alpha value is -1.23. The third kappa shape index (κ3) is 2.90. The topological polar surface area (TPSA) is 59.4 Å². The Morgan fingerprint density at radius 3 is 3.09 bits per heavy atom. The summed E-state index contributed by atoms with van der Waals surface area (Å²) in [6, 6.07) is 3.41. The Labute approximate surface area is 67.4 Å². The van der Waals surface area contributed by atoms with Crippen molar-refractivity contribution < 1.29 is 14.1 Å². The van der Waals surface area contributed by atoms with Gasteiger partial charge >= 0.3 is 6.16 Å². The van der Waals surface area contributed by atoms with Crippen molar-refractivity contribution in [1.29, 1.82) is 0 Å². The van der Waals surface area contributed by atoms with Gasteiger partial charge in [-0.05, 0) is 12.1 Å². The van der Waals surface area contributed by atoms with Gasteiger partial charge in [0.1, 0.15) is 12.0 Å². The molecule has 0 spiro atoms. The van der Waals surface area contributed by atoms with Crippen LogP contribution in [0.5, 0.6) is 0 Å². The summed E-state index contributed by atoms with van der Waals surface area (Å²) in [5.74, 6) is 0. The molecule has 1 aromatic heterocycles. The molecule has 1 rings (SSSR count). The molecular formula is C6H5NO3S. The van der Waals surface area contributed by atoms with E-state index >= 15 is 0 Å². The van der Waals surface area contributed by atoms with Crippen molar-refractivity contribution in [1.82, 2.24) is 4.98 Å². The third-order valence-electron chi connectivity index (χ3n) is 0.844. The third-order valence-corrected chi connectivity index (χ3v) is 1.50. The van der Waals surface area contributed by atoms with E-state index in [0.717, 1.165) is 12.0 Å². The van der Waals surface area contributed by atoms with E-state index in [-0.39, 0.29) is 0 Å². The van der Waals surface area contributed by atoms with E-state index in [4.69, 9.17) is 5.11 Å². The van der Waals surface area contributed by atoms with Gasteiger partial charge in [0, 0.05) is 12.4 Å². The van der Waals surface area contributed by atoms with Crippen LogP contribution in [0.3, 0.4) is 0 Å². The fraction of sp³-hybridized carbons (Fsp3) is 0. The number of aromatic nitrogens is 1. The van der Waals surface area contributed by atoms with Gasteiger partial charge in [-0.15, -0.1) is 0 Å². The van der Waals surface area contributed by atoms with Gasteiger partial charge in [0.25, 0.3) is 0 Å². The second-order valence-corrected chi connectivity index (χ2v) is 2.43. The van der Waals surface area contributed by atoms with Crippen LogP contribution >= 0.6 is 12.0 Å². The van der Waals surface area contributed by atoms with Crippen LogP contribution in [0.2, 0.25) is 0 Å². The van der Waals surface area contributed by atoms with E-state index in [2.05, 4.69) is 9.17 Å². The minimum absolute atomic E-state index is 0.662. The summed E-state index contributed by atoms with van der Waals surface area (Å²) in [4.78, 5) is 14.3. The van der Waals surface area contributed by atoms with Gasteiger partial charge in [0.15, 0.2) is 0 Å². The lowest BCUT2D eigenvalue weighted by Crippen LogP contribution is -1.90. The number of carbonyl (C=O) groups is 1. The molecule has 0 aliphatic rings. The molecule has 0 saturated carbocycles. The summed E-state index contributed by atoms with van der Waals surface area (Å²) in [6.45, 7) is 0. The molecule has 5 heteroatoms. The van der Waals surface area contributed by atoms with Crippen molar-refractivity contribution in [2.45, 2.75) is 4.90 Å². The normalized spacial score (nSPS) is 9.09. The highest BCUT2D eigenvalue weighted by Crippen LogP contribution is 2.16. The summed E-state index contributed by atoms with van der Waals surface area (Å²) in [5, 5.41) is 8.11. The lowest BCUT2D eigenvalue weighted by atomic mass is 10.5. The highest BCUT2D eigenvalue weighted by Gasteiger charge is 1.98. The maximum Gasteiger partial charge on any atom is 0.518 e. The molecule has 0 aromatic carbocycles. The predicted octanol–water partition coefficient (Wildman–Crippen LogP) is 1.78. The maximum atomic E-state index is 9.91. The van der Waals surface area contributed by atoms with Crippen LogP contribution in [0.1, 0.15) is 0 Å². The highest BCUT2D eigenvalue weighted by atomic mass is 32.2. The average molecular weight is 171 g/mol. The van der Waals surface area contributed by atoms with Crippen LogP contribution in [-0.4, -0.2) is 16.2 Å². The zero-order valence-electron chi connectivity index (χ0n) is 5.43. The molecule has 0 radical (unpaired) electrons. The molecule has 0 aliphatic heterocycles. The molecule has 4 nitrogen and oxygen atoms in total. The Morgan fingerprint density at radius 1 is 1.73 bits per heavy atom. The maximum absolute atomic E-state index is 9.91. The zero-order chi connectivity index (χ0) is 8.10. The summed E-state index contributed by atoms with van der Waals surface area (Å²) in [5.41, 5.74) is 0. The summed E-state index contributed by atoms with van der Waals surface area (Å²) in [6.07, 6.45) is 1.82. The first-order valence-electron chi connectivity index (χ1n) is 2.76. The van der Waals surface area contributed by atoms with E-state index in [1.54, 1.807) is 18.3 Å². The van der Waals surface area contributed by atoms with E-state index in [1.807, 2.05) is 0 Å². The van der Waals surface area contributed by atoms with Gasteiger partial charge in [-0.3, -0.25) is 4.98 Å². The van der Waals surface area contributed by atoms with E-state index < -0.39 is 6.16 Å². The zero-order valence-corrected chi connectivity index (χ0v) is 6.25. The molecule has 58 valence electrons. The largest absolute Gasteiger partial charge is 0.518 e. The van der Waals surface area contributed by atoms with Gasteiger partial charge in [-0.1, -0.05) is 0 Å². The van der Waals surface area contributed by atoms with Crippen molar-refractivity contribution in [3.8, 4) is 0 Å². The number of hydrogen-bond donors (Lipinski definition) is 1. The second kappa shape index (κ2) is 3.82. The van der Waals surface area contributed by atoms with Gasteiger partial charge in [0.05, 0.1) is 4.90 Å². The van der Waals surface area contributed by atoms with Crippen LogP contribution in [-0.2, 0) is 4.18 Å². The Balaban J connectivity index is 2.45. The first kappa shape index (κ1) is 7.87. The molecule has 0 amide bonds. The summed E-state index contributed by atoms with van der Waals surface area (Å²) >= 11 is 0.766. The molecule has 1 heterocycles. The molecule has 1 N–H and O–H groups in total. The molecular weight excluding hydrogens is 166 g/mol. The highest BCUT2D eigenvalue weighted by molar-refractivity contribution is 7.95. The van der Waals surface area contributed by atoms with E-state index in [9.17, 15) is 4.79 Å². The molecule has 11 heavy (non-hydrogen) atoms. The van der Waals surface area contributed by atoms with Crippen molar-refractivity contribution in [2.24, 2.45) is 0 Å². The van der Waals surface area contributed by atoms with Crippen LogP contribution in [0, 0.1) is 0 Å². The van der Waals surface area contributed by atoms with Gasteiger partial charge in [0.2, 0.25) is 0 Å². The standard InChI is InChI=1S/C6H5NO3S/c8-6(9)10-11-5-2-1-3-7-4-5/h1-4H,(H,8,9). The van der Waals surface area contributed by atoms with Crippen molar-refractivity contribution in [3.05, 3.63) is 24.5 Å². The summed E-state index contributed by atoms with van der Waals surface area (Å²) < 4.78 is 4.22. The average Bonchev–Trinajstić information content (AvgIpc) is 2.03. The fourth-order valence-corrected chi connectivity index (χ4v) is 0.886. The molecule has 0 atom stereocenters. The second-order valence-electron chi connectivity index (χ2n) is 1.62. The van der Waals surface area contributed by atoms with Crippen LogP contribution < -0.4 is 0 Å².